The lowest BCUT2D eigenvalue weighted by atomic mass is 9.74. The summed E-state index contributed by atoms with van der Waals surface area (Å²) >= 11 is 0. The number of ether oxygens (including phenoxy) is 1. The first-order valence-electron chi connectivity index (χ1n) is 11.9. The summed E-state index contributed by atoms with van der Waals surface area (Å²) in [5.74, 6) is -1.53. The van der Waals surface area contributed by atoms with Gasteiger partial charge in [-0.3, -0.25) is 9.59 Å². The molecule has 4 rings (SSSR count). The predicted molar refractivity (Wildman–Crippen MR) is 128 cm³/mol. The maximum Gasteiger partial charge on any atom is 0.407 e. The third kappa shape index (κ3) is 5.46. The third-order valence-electron chi connectivity index (χ3n) is 6.92. The molecule has 0 aromatic heterocycles. The molecule has 2 aromatic rings. The van der Waals surface area contributed by atoms with Crippen LogP contribution in [-0.2, 0) is 14.3 Å². The molecular formula is C27H29N3O5. The highest BCUT2D eigenvalue weighted by Crippen LogP contribution is 2.44. The number of rotatable bonds is 10. The van der Waals surface area contributed by atoms with Gasteiger partial charge in [0, 0.05) is 12.3 Å². The highest BCUT2D eigenvalue weighted by Gasteiger charge is 2.41. The van der Waals surface area contributed by atoms with Crippen LogP contribution in [0.4, 0.5) is 4.79 Å². The van der Waals surface area contributed by atoms with Crippen LogP contribution < -0.4 is 10.6 Å². The Morgan fingerprint density at radius 1 is 1.09 bits per heavy atom. The Morgan fingerprint density at radius 3 is 2.26 bits per heavy atom. The molecule has 182 valence electrons. The van der Waals surface area contributed by atoms with Crippen molar-refractivity contribution >= 4 is 18.0 Å². The second-order valence-corrected chi connectivity index (χ2v) is 9.27. The predicted octanol–water partition coefficient (Wildman–Crippen LogP) is 4.10. The number of fused-ring (bicyclic) bond motifs is 3. The van der Waals surface area contributed by atoms with Gasteiger partial charge in [-0.05, 0) is 54.4 Å². The molecule has 1 saturated carbocycles. The number of benzene rings is 2. The van der Waals surface area contributed by atoms with Gasteiger partial charge in [-0.2, -0.15) is 5.26 Å². The summed E-state index contributed by atoms with van der Waals surface area (Å²) in [6.07, 6.45) is 2.06. The van der Waals surface area contributed by atoms with Crippen LogP contribution in [0.1, 0.15) is 62.0 Å². The summed E-state index contributed by atoms with van der Waals surface area (Å²) in [4.78, 5) is 37.0. The van der Waals surface area contributed by atoms with Crippen LogP contribution in [-0.4, -0.2) is 41.3 Å². The molecular weight excluding hydrogens is 446 g/mol. The molecule has 35 heavy (non-hydrogen) atoms. The van der Waals surface area contributed by atoms with E-state index in [0.29, 0.717) is 19.3 Å². The van der Waals surface area contributed by atoms with Crippen molar-refractivity contribution < 1.29 is 24.2 Å². The van der Waals surface area contributed by atoms with Gasteiger partial charge in [-0.1, -0.05) is 48.5 Å². The van der Waals surface area contributed by atoms with Crippen molar-refractivity contribution in [3.63, 3.8) is 0 Å². The lowest BCUT2D eigenvalue weighted by molar-refractivity contribution is -0.140. The number of alkyl carbamates (subject to hydrolysis) is 1. The Balaban J connectivity index is 1.41. The van der Waals surface area contributed by atoms with Gasteiger partial charge in [0.15, 0.2) is 0 Å². The van der Waals surface area contributed by atoms with Crippen LogP contribution in [0, 0.1) is 11.3 Å². The molecule has 3 N–H and O–H groups in total. The topological polar surface area (TPSA) is 129 Å². The van der Waals surface area contributed by atoms with E-state index < -0.39 is 29.6 Å². The number of amides is 2. The van der Waals surface area contributed by atoms with E-state index in [0.717, 1.165) is 28.7 Å². The number of hydrogen-bond donors (Lipinski definition) is 3. The van der Waals surface area contributed by atoms with E-state index in [1.54, 1.807) is 0 Å². The van der Waals surface area contributed by atoms with E-state index >= 15 is 0 Å². The SMILES string of the molecule is N#CCCCC(NC(=O)OCC1c2ccccc2-c2ccccc21)C(=O)NC1(CC(=O)O)CCC1. The largest absolute Gasteiger partial charge is 0.481 e. The Kier molecular flexibility index (Phi) is 7.35. The molecule has 2 amide bonds. The van der Waals surface area contributed by atoms with Gasteiger partial charge in [-0.15, -0.1) is 0 Å². The minimum Gasteiger partial charge on any atom is -0.481 e. The number of carbonyl (C=O) groups is 3. The standard InChI is InChI=1S/C27H29N3O5/c28-15-6-5-12-23(25(33)30-27(13-7-14-27)16-24(31)32)29-26(34)35-17-22-20-10-3-1-8-18(20)19-9-2-4-11-21(19)22/h1-4,8-11,22-23H,5-7,12-14,16-17H2,(H,29,34)(H,30,33)(H,31,32). The zero-order chi connectivity index (χ0) is 24.8. The molecule has 0 aliphatic heterocycles. The number of carboxylic acids is 1. The highest BCUT2D eigenvalue weighted by atomic mass is 16.5. The number of carboxylic acid groups (broad SMARTS) is 1. The fraction of sp³-hybridized carbons (Fsp3) is 0.407. The Morgan fingerprint density at radius 2 is 1.71 bits per heavy atom. The van der Waals surface area contributed by atoms with E-state index in [9.17, 15) is 19.5 Å². The fourth-order valence-corrected chi connectivity index (χ4v) is 5.02. The molecule has 1 unspecified atom stereocenters. The van der Waals surface area contributed by atoms with Crippen molar-refractivity contribution in [3.8, 4) is 17.2 Å². The van der Waals surface area contributed by atoms with Gasteiger partial charge in [0.25, 0.3) is 0 Å². The summed E-state index contributed by atoms with van der Waals surface area (Å²) in [7, 11) is 0. The average Bonchev–Trinajstić information content (AvgIpc) is 3.14. The second kappa shape index (κ2) is 10.6. The highest BCUT2D eigenvalue weighted by molar-refractivity contribution is 5.87. The van der Waals surface area contributed by atoms with Crippen LogP contribution in [0.2, 0.25) is 0 Å². The zero-order valence-electron chi connectivity index (χ0n) is 19.5. The molecule has 0 heterocycles. The van der Waals surface area contributed by atoms with Gasteiger partial charge >= 0.3 is 12.1 Å². The average molecular weight is 476 g/mol. The number of nitrogens with one attached hydrogen (secondary N) is 2. The summed E-state index contributed by atoms with van der Waals surface area (Å²) in [6, 6.07) is 17.2. The first kappa shape index (κ1) is 24.3. The fourth-order valence-electron chi connectivity index (χ4n) is 5.02. The normalized spacial score (nSPS) is 16.1. The number of hydrogen-bond acceptors (Lipinski definition) is 5. The Hall–Kier alpha value is -3.86. The molecule has 0 radical (unpaired) electrons. The van der Waals surface area contributed by atoms with Gasteiger partial charge in [0.05, 0.1) is 18.0 Å². The molecule has 8 nitrogen and oxygen atoms in total. The molecule has 1 atom stereocenters. The quantitative estimate of drug-likeness (QED) is 0.444. The van der Waals surface area contributed by atoms with Gasteiger partial charge < -0.3 is 20.5 Å². The summed E-state index contributed by atoms with van der Waals surface area (Å²) in [6.45, 7) is 0.120. The maximum absolute atomic E-state index is 13.0. The molecule has 1 fully saturated rings. The number of aliphatic carboxylic acids is 1. The molecule has 0 bridgehead atoms. The lowest BCUT2D eigenvalue weighted by Crippen LogP contribution is -2.59. The molecule has 2 aliphatic carbocycles. The van der Waals surface area contributed by atoms with Crippen molar-refractivity contribution in [2.75, 3.05) is 6.61 Å². The van der Waals surface area contributed by atoms with Crippen molar-refractivity contribution in [3.05, 3.63) is 59.7 Å². The van der Waals surface area contributed by atoms with E-state index in [1.807, 2.05) is 42.5 Å². The number of carbonyl (C=O) groups excluding carboxylic acids is 2. The van der Waals surface area contributed by atoms with Crippen LogP contribution in [0.5, 0.6) is 0 Å². The Labute approximate surface area is 204 Å². The molecule has 0 saturated heterocycles. The van der Waals surface area contributed by atoms with E-state index in [2.05, 4.69) is 22.8 Å². The van der Waals surface area contributed by atoms with Crippen molar-refractivity contribution in [2.45, 2.75) is 62.4 Å². The van der Waals surface area contributed by atoms with Crippen molar-refractivity contribution in [1.82, 2.24) is 10.6 Å². The van der Waals surface area contributed by atoms with E-state index in [1.165, 1.54) is 0 Å². The lowest BCUT2D eigenvalue weighted by Gasteiger charge is -2.42. The summed E-state index contributed by atoms with van der Waals surface area (Å²) in [5.41, 5.74) is 3.64. The minimum absolute atomic E-state index is 0.104. The Bertz CT molecular complexity index is 1110. The first-order chi connectivity index (χ1) is 16.9. The van der Waals surface area contributed by atoms with Crippen LogP contribution in [0.25, 0.3) is 11.1 Å². The smallest absolute Gasteiger partial charge is 0.407 e. The van der Waals surface area contributed by atoms with Crippen molar-refractivity contribution in [2.24, 2.45) is 0 Å². The number of nitrogens with zero attached hydrogens (tertiary/aromatic N) is 1. The van der Waals surface area contributed by atoms with E-state index in [4.69, 9.17) is 10.00 Å². The summed E-state index contributed by atoms with van der Waals surface area (Å²) < 4.78 is 5.57. The maximum atomic E-state index is 13.0. The van der Waals surface area contributed by atoms with Gasteiger partial charge in [0.2, 0.25) is 5.91 Å². The van der Waals surface area contributed by atoms with Gasteiger partial charge in [0.1, 0.15) is 12.6 Å². The number of nitriles is 1. The zero-order valence-corrected chi connectivity index (χ0v) is 19.5. The molecule has 0 spiro atoms. The molecule has 8 heteroatoms. The van der Waals surface area contributed by atoms with Gasteiger partial charge in [-0.25, -0.2) is 4.79 Å². The van der Waals surface area contributed by atoms with Crippen molar-refractivity contribution in [1.29, 1.82) is 5.26 Å². The van der Waals surface area contributed by atoms with Crippen LogP contribution in [0.3, 0.4) is 0 Å². The monoisotopic (exact) mass is 475 g/mol. The minimum atomic E-state index is -0.976. The summed E-state index contributed by atoms with van der Waals surface area (Å²) in [5, 5.41) is 23.6. The van der Waals surface area contributed by atoms with E-state index in [-0.39, 0.29) is 31.8 Å². The molecule has 2 aliphatic rings. The third-order valence-corrected chi connectivity index (χ3v) is 6.92. The van der Waals surface area contributed by atoms with Crippen LogP contribution in [0.15, 0.2) is 48.5 Å². The number of unbranched alkanes of at least 4 members (excludes halogenated alkanes) is 1. The molecule has 2 aromatic carbocycles. The van der Waals surface area contributed by atoms with Crippen LogP contribution >= 0.6 is 0 Å². The second-order valence-electron chi connectivity index (χ2n) is 9.27. The first-order valence-corrected chi connectivity index (χ1v) is 11.9.